The van der Waals surface area contributed by atoms with Gasteiger partial charge in [0.2, 0.25) is 0 Å². The summed E-state index contributed by atoms with van der Waals surface area (Å²) in [6, 6.07) is 18.8. The number of nitro benzene ring substituents is 1. The number of aryl methyl sites for hydroxylation is 1. The third-order valence-corrected chi connectivity index (χ3v) is 5.13. The van der Waals surface area contributed by atoms with E-state index in [9.17, 15) is 20.2 Å². The quantitative estimate of drug-likeness (QED) is 0.183. The van der Waals surface area contributed by atoms with E-state index in [4.69, 9.17) is 27.9 Å². The fourth-order valence-electron chi connectivity index (χ4n) is 2.83. The number of nitro groups is 1. The predicted octanol–water partition coefficient (Wildman–Crippen LogP) is 6.33. The van der Waals surface area contributed by atoms with Crippen LogP contribution in [0.1, 0.15) is 16.7 Å². The summed E-state index contributed by atoms with van der Waals surface area (Å²) in [5.74, 6) is -0.190. The van der Waals surface area contributed by atoms with Crippen LogP contribution in [0.2, 0.25) is 10.0 Å². The summed E-state index contributed by atoms with van der Waals surface area (Å²) in [7, 11) is 0. The van der Waals surface area contributed by atoms with Gasteiger partial charge >= 0.3 is 0 Å². The van der Waals surface area contributed by atoms with Crippen molar-refractivity contribution in [1.82, 2.24) is 0 Å². The molecule has 3 aromatic rings. The van der Waals surface area contributed by atoms with Crippen LogP contribution in [0.25, 0.3) is 6.08 Å². The van der Waals surface area contributed by atoms with Crippen LogP contribution in [0.4, 0.5) is 11.4 Å². The van der Waals surface area contributed by atoms with Crippen LogP contribution < -0.4 is 10.1 Å². The van der Waals surface area contributed by atoms with Gasteiger partial charge in [-0.25, -0.2) is 0 Å². The van der Waals surface area contributed by atoms with Crippen molar-refractivity contribution in [2.24, 2.45) is 0 Å². The van der Waals surface area contributed by atoms with E-state index < -0.39 is 10.8 Å². The van der Waals surface area contributed by atoms with Gasteiger partial charge in [-0.2, -0.15) is 5.26 Å². The molecule has 1 N–H and O–H groups in total. The molecule has 33 heavy (non-hydrogen) atoms. The Labute approximate surface area is 200 Å². The number of carbonyl (C=O) groups excluding carboxylic acids is 1. The van der Waals surface area contributed by atoms with Crippen molar-refractivity contribution in [2.45, 2.75) is 13.5 Å². The third kappa shape index (κ3) is 6.32. The van der Waals surface area contributed by atoms with Crippen molar-refractivity contribution >= 4 is 46.6 Å². The molecule has 0 saturated carbocycles. The van der Waals surface area contributed by atoms with Crippen molar-refractivity contribution in [3.05, 3.63) is 103 Å². The van der Waals surface area contributed by atoms with E-state index in [1.54, 1.807) is 24.3 Å². The van der Waals surface area contributed by atoms with Gasteiger partial charge in [0.05, 0.1) is 20.7 Å². The number of benzene rings is 3. The lowest BCUT2D eigenvalue weighted by atomic mass is 10.1. The average Bonchev–Trinajstić information content (AvgIpc) is 2.79. The molecule has 9 heteroatoms. The summed E-state index contributed by atoms with van der Waals surface area (Å²) in [5.41, 5.74) is 2.19. The molecule has 0 aromatic heterocycles. The minimum atomic E-state index is -0.763. The number of halogens is 2. The van der Waals surface area contributed by atoms with Gasteiger partial charge in [-0.05, 0) is 36.3 Å². The Bertz CT molecular complexity index is 1260. The highest BCUT2D eigenvalue weighted by atomic mass is 35.5. The Kier molecular flexibility index (Phi) is 7.67. The summed E-state index contributed by atoms with van der Waals surface area (Å²) in [6.45, 7) is 2.38. The summed E-state index contributed by atoms with van der Waals surface area (Å²) in [5, 5.41) is 22.6. The minimum absolute atomic E-state index is 0.0229. The molecular formula is C24H17Cl2N3O4. The largest absolute Gasteiger partial charge is 0.489 e. The van der Waals surface area contributed by atoms with Crippen LogP contribution in [0.5, 0.6) is 5.75 Å². The molecule has 0 spiro atoms. The number of nitriles is 1. The molecule has 0 fully saturated rings. The lowest BCUT2D eigenvalue weighted by Crippen LogP contribution is -2.14. The molecular weight excluding hydrogens is 465 g/mol. The molecule has 0 saturated heterocycles. The van der Waals surface area contributed by atoms with Crippen molar-refractivity contribution < 1.29 is 14.5 Å². The van der Waals surface area contributed by atoms with Crippen LogP contribution in [0.3, 0.4) is 0 Å². The standard InChI is InChI=1S/C24H17Cl2N3O4/c1-15-5-7-16(8-6-15)14-33-20-4-2-3-17(10-20)9-18(13-27)24(30)28-23-21(25)11-19(29(31)32)12-22(23)26/h2-12H,14H2,1H3,(H,28,30)/b18-9+. The zero-order valence-corrected chi connectivity index (χ0v) is 18.9. The number of anilines is 1. The SMILES string of the molecule is Cc1ccc(COc2cccc(/C=C(\C#N)C(=O)Nc3c(Cl)cc([N+](=O)[O-])cc3Cl)c2)cc1. The highest BCUT2D eigenvalue weighted by Gasteiger charge is 2.18. The van der Waals surface area contributed by atoms with Crippen LogP contribution >= 0.6 is 23.2 Å². The van der Waals surface area contributed by atoms with Crippen molar-refractivity contribution in [3.63, 3.8) is 0 Å². The summed E-state index contributed by atoms with van der Waals surface area (Å²) >= 11 is 12.0. The van der Waals surface area contributed by atoms with Gasteiger partial charge in [-0.3, -0.25) is 14.9 Å². The minimum Gasteiger partial charge on any atom is -0.489 e. The number of hydrogen-bond donors (Lipinski definition) is 1. The number of amides is 1. The van der Waals surface area contributed by atoms with E-state index in [1.807, 2.05) is 37.3 Å². The summed E-state index contributed by atoms with van der Waals surface area (Å²) in [6.07, 6.45) is 1.39. The van der Waals surface area contributed by atoms with Crippen molar-refractivity contribution in [2.75, 3.05) is 5.32 Å². The Morgan fingerprint density at radius 1 is 1.15 bits per heavy atom. The highest BCUT2D eigenvalue weighted by Crippen LogP contribution is 2.35. The molecule has 3 rings (SSSR count). The summed E-state index contributed by atoms with van der Waals surface area (Å²) < 4.78 is 5.80. The first kappa shape index (κ1) is 23.8. The second-order valence-electron chi connectivity index (χ2n) is 7.01. The summed E-state index contributed by atoms with van der Waals surface area (Å²) in [4.78, 5) is 22.9. The zero-order valence-electron chi connectivity index (χ0n) is 17.3. The second-order valence-corrected chi connectivity index (χ2v) is 7.83. The molecule has 0 bridgehead atoms. The predicted molar refractivity (Wildman–Crippen MR) is 127 cm³/mol. The van der Waals surface area contributed by atoms with Crippen LogP contribution in [-0.4, -0.2) is 10.8 Å². The number of hydrogen-bond acceptors (Lipinski definition) is 5. The molecule has 0 unspecified atom stereocenters. The number of nitrogens with zero attached hydrogens (tertiary/aromatic N) is 2. The normalized spacial score (nSPS) is 10.9. The first-order valence-corrected chi connectivity index (χ1v) is 10.4. The molecule has 0 atom stereocenters. The van der Waals surface area contributed by atoms with Gasteiger partial charge in [0.15, 0.2) is 0 Å². The Hall–Kier alpha value is -3.86. The van der Waals surface area contributed by atoms with Gasteiger partial charge in [0, 0.05) is 12.1 Å². The van der Waals surface area contributed by atoms with Crippen molar-refractivity contribution in [3.8, 4) is 11.8 Å². The second kappa shape index (κ2) is 10.6. The topological polar surface area (TPSA) is 105 Å². The van der Waals surface area contributed by atoms with E-state index in [0.717, 1.165) is 23.3 Å². The maximum absolute atomic E-state index is 12.6. The average molecular weight is 482 g/mol. The molecule has 0 aliphatic carbocycles. The fourth-order valence-corrected chi connectivity index (χ4v) is 3.40. The number of nitrogens with one attached hydrogen (secondary N) is 1. The Morgan fingerprint density at radius 2 is 1.82 bits per heavy atom. The smallest absolute Gasteiger partial charge is 0.272 e. The van der Waals surface area contributed by atoms with E-state index in [-0.39, 0.29) is 27.0 Å². The van der Waals surface area contributed by atoms with Gasteiger partial charge in [-0.1, -0.05) is 65.2 Å². The molecule has 7 nitrogen and oxygen atoms in total. The Balaban J connectivity index is 1.76. The third-order valence-electron chi connectivity index (χ3n) is 4.54. The highest BCUT2D eigenvalue weighted by molar-refractivity contribution is 6.40. The number of non-ortho nitro benzene ring substituents is 1. The molecule has 0 aliphatic heterocycles. The fraction of sp³-hybridized carbons (Fsp3) is 0.0833. The molecule has 0 heterocycles. The van der Waals surface area contributed by atoms with Gasteiger partial charge < -0.3 is 10.1 Å². The maximum Gasteiger partial charge on any atom is 0.272 e. The monoisotopic (exact) mass is 481 g/mol. The molecule has 0 radical (unpaired) electrons. The first-order chi connectivity index (χ1) is 15.8. The van der Waals surface area contributed by atoms with E-state index in [0.29, 0.717) is 17.9 Å². The first-order valence-electron chi connectivity index (χ1n) is 9.62. The van der Waals surface area contributed by atoms with E-state index >= 15 is 0 Å². The van der Waals surface area contributed by atoms with Crippen LogP contribution in [0, 0.1) is 28.4 Å². The molecule has 1 amide bonds. The van der Waals surface area contributed by atoms with Crippen LogP contribution in [0.15, 0.2) is 66.2 Å². The molecule has 0 aliphatic rings. The van der Waals surface area contributed by atoms with Gasteiger partial charge in [0.25, 0.3) is 11.6 Å². The zero-order chi connectivity index (χ0) is 24.0. The number of ether oxygens (including phenoxy) is 1. The maximum atomic E-state index is 12.6. The Morgan fingerprint density at radius 3 is 2.42 bits per heavy atom. The van der Waals surface area contributed by atoms with Crippen molar-refractivity contribution in [1.29, 1.82) is 5.26 Å². The number of rotatable bonds is 7. The molecule has 3 aromatic carbocycles. The van der Waals surface area contributed by atoms with E-state index in [1.165, 1.54) is 6.08 Å². The van der Waals surface area contributed by atoms with Gasteiger partial charge in [0.1, 0.15) is 24.0 Å². The van der Waals surface area contributed by atoms with E-state index in [2.05, 4.69) is 5.32 Å². The van der Waals surface area contributed by atoms with Crippen LogP contribution in [-0.2, 0) is 11.4 Å². The molecule has 166 valence electrons. The number of carbonyl (C=O) groups is 1. The van der Waals surface area contributed by atoms with Gasteiger partial charge in [-0.15, -0.1) is 0 Å². The lowest BCUT2D eigenvalue weighted by Gasteiger charge is -2.09. The lowest BCUT2D eigenvalue weighted by molar-refractivity contribution is -0.384.